The van der Waals surface area contributed by atoms with Gasteiger partial charge >= 0.3 is 0 Å². The monoisotopic (exact) mass is 629 g/mol. The van der Waals surface area contributed by atoms with Crippen molar-refractivity contribution < 1.29 is 18.0 Å². The fourth-order valence-corrected chi connectivity index (χ4v) is 5.76. The number of likely N-dealkylation sites (N-methyl/N-ethyl adjacent to an activating group) is 1. The van der Waals surface area contributed by atoms with E-state index in [1.54, 1.807) is 44.2 Å². The van der Waals surface area contributed by atoms with Gasteiger partial charge in [0.2, 0.25) is 11.8 Å². The van der Waals surface area contributed by atoms with Crippen molar-refractivity contribution >= 4 is 73.9 Å². The van der Waals surface area contributed by atoms with Crippen LogP contribution in [0.4, 0.5) is 5.69 Å². The molecule has 0 spiro atoms. The van der Waals surface area contributed by atoms with E-state index in [2.05, 4.69) is 5.32 Å². The predicted octanol–water partition coefficient (Wildman–Crippen LogP) is 6.36. The lowest BCUT2D eigenvalue weighted by Gasteiger charge is -2.32. The highest BCUT2D eigenvalue weighted by Crippen LogP contribution is 2.31. The average molecular weight is 631 g/mol. The summed E-state index contributed by atoms with van der Waals surface area (Å²) in [6, 6.07) is 14.5. The summed E-state index contributed by atoms with van der Waals surface area (Å²) in [5, 5.41) is 3.67. The maximum Gasteiger partial charge on any atom is 0.264 e. The molecule has 39 heavy (non-hydrogen) atoms. The van der Waals surface area contributed by atoms with Gasteiger partial charge in [0, 0.05) is 13.1 Å². The summed E-state index contributed by atoms with van der Waals surface area (Å²) >= 11 is 24.5. The van der Waals surface area contributed by atoms with E-state index >= 15 is 0 Å². The first-order valence-corrected chi connectivity index (χ1v) is 14.9. The molecule has 1 atom stereocenters. The van der Waals surface area contributed by atoms with Crippen molar-refractivity contribution in [1.29, 1.82) is 0 Å². The van der Waals surface area contributed by atoms with Crippen LogP contribution in [0.1, 0.15) is 25.0 Å². The number of nitrogens with one attached hydrogen (secondary N) is 1. The van der Waals surface area contributed by atoms with E-state index in [4.69, 9.17) is 46.4 Å². The summed E-state index contributed by atoms with van der Waals surface area (Å²) in [7, 11) is -4.23. The molecule has 0 heterocycles. The van der Waals surface area contributed by atoms with Gasteiger partial charge in [-0.05, 0) is 68.8 Å². The number of halogens is 4. The number of benzene rings is 3. The van der Waals surface area contributed by atoms with Gasteiger partial charge in [-0.25, -0.2) is 8.42 Å². The molecule has 0 bridgehead atoms. The zero-order chi connectivity index (χ0) is 28.9. The third-order valence-electron chi connectivity index (χ3n) is 5.93. The summed E-state index contributed by atoms with van der Waals surface area (Å²) in [4.78, 5) is 27.9. The van der Waals surface area contributed by atoms with Crippen LogP contribution in [0.15, 0.2) is 65.6 Å². The van der Waals surface area contributed by atoms with Crippen LogP contribution >= 0.6 is 46.4 Å². The molecule has 3 aromatic carbocycles. The van der Waals surface area contributed by atoms with E-state index in [-0.39, 0.29) is 32.2 Å². The van der Waals surface area contributed by atoms with Crippen molar-refractivity contribution in [3.8, 4) is 0 Å². The highest BCUT2D eigenvalue weighted by Gasteiger charge is 2.32. The van der Waals surface area contributed by atoms with Gasteiger partial charge in [0.1, 0.15) is 12.6 Å². The Morgan fingerprint density at radius 3 is 2.03 bits per heavy atom. The molecule has 3 rings (SSSR count). The van der Waals surface area contributed by atoms with E-state index < -0.39 is 34.4 Å². The second kappa shape index (κ2) is 13.2. The molecule has 0 fully saturated rings. The Hall–Kier alpha value is -2.49. The van der Waals surface area contributed by atoms with Gasteiger partial charge in [-0.2, -0.15) is 0 Å². The summed E-state index contributed by atoms with van der Waals surface area (Å²) < 4.78 is 28.6. The van der Waals surface area contributed by atoms with Crippen molar-refractivity contribution in [3.63, 3.8) is 0 Å². The van der Waals surface area contributed by atoms with Crippen LogP contribution in [-0.4, -0.2) is 44.3 Å². The molecule has 0 aliphatic heterocycles. The van der Waals surface area contributed by atoms with Gasteiger partial charge in [0.15, 0.2) is 0 Å². The molecule has 0 aliphatic carbocycles. The van der Waals surface area contributed by atoms with Crippen LogP contribution < -0.4 is 9.62 Å². The number of hydrogen-bond donors (Lipinski definition) is 1. The topological polar surface area (TPSA) is 86.8 Å². The quantitative estimate of drug-likeness (QED) is 0.283. The van der Waals surface area contributed by atoms with Gasteiger partial charge in [-0.15, -0.1) is 0 Å². The molecule has 3 aromatic rings. The number of rotatable bonds is 10. The standard InChI is InChI=1S/C27H27Cl4N3O4S/c1-4-32-27(36)18(3)33(15-19-7-11-22(28)24(30)13-19)26(35)16-34(20-8-12-23(29)25(31)14-20)39(37,38)21-9-5-17(2)6-10-21/h5-14,18H,4,15-16H2,1-3H3,(H,32,36)/t18-/m0/s1. The number of carbonyl (C=O) groups is 2. The van der Waals surface area contributed by atoms with E-state index in [1.807, 2.05) is 6.92 Å². The van der Waals surface area contributed by atoms with Crippen molar-refractivity contribution in [2.75, 3.05) is 17.4 Å². The second-order valence-electron chi connectivity index (χ2n) is 8.76. The van der Waals surface area contributed by atoms with Gasteiger partial charge in [0.05, 0.1) is 30.7 Å². The molecule has 1 N–H and O–H groups in total. The van der Waals surface area contributed by atoms with E-state index in [0.717, 1.165) is 9.87 Å². The van der Waals surface area contributed by atoms with Crippen molar-refractivity contribution in [3.05, 3.63) is 91.9 Å². The zero-order valence-corrected chi connectivity index (χ0v) is 25.3. The predicted molar refractivity (Wildman–Crippen MR) is 157 cm³/mol. The molecule has 0 aromatic heterocycles. The van der Waals surface area contributed by atoms with Crippen LogP contribution in [-0.2, 0) is 26.2 Å². The second-order valence-corrected chi connectivity index (χ2v) is 12.3. The Bertz CT molecular complexity index is 1470. The maximum absolute atomic E-state index is 13.8. The minimum atomic E-state index is -4.23. The van der Waals surface area contributed by atoms with E-state index in [1.165, 1.54) is 35.2 Å². The minimum absolute atomic E-state index is 0.0141. The van der Waals surface area contributed by atoms with Crippen LogP contribution in [0.5, 0.6) is 0 Å². The SMILES string of the molecule is CCNC(=O)[C@H](C)N(Cc1ccc(Cl)c(Cl)c1)C(=O)CN(c1ccc(Cl)c(Cl)c1)S(=O)(=O)c1ccc(C)cc1. The molecule has 0 saturated heterocycles. The number of hydrogen-bond acceptors (Lipinski definition) is 4. The fourth-order valence-electron chi connectivity index (χ4n) is 3.75. The molecule has 7 nitrogen and oxygen atoms in total. The van der Waals surface area contributed by atoms with Crippen molar-refractivity contribution in [1.82, 2.24) is 10.2 Å². The Balaban J connectivity index is 2.06. The molecule has 208 valence electrons. The largest absolute Gasteiger partial charge is 0.355 e. The number of carbonyl (C=O) groups excluding carboxylic acids is 2. The third-order valence-corrected chi connectivity index (χ3v) is 9.20. The lowest BCUT2D eigenvalue weighted by molar-refractivity contribution is -0.139. The molecule has 12 heteroatoms. The summed E-state index contributed by atoms with van der Waals surface area (Å²) in [5.74, 6) is -1.02. The van der Waals surface area contributed by atoms with E-state index in [9.17, 15) is 18.0 Å². The molecular formula is C27H27Cl4N3O4S. The number of amides is 2. The zero-order valence-electron chi connectivity index (χ0n) is 21.4. The van der Waals surface area contributed by atoms with Gasteiger partial charge in [-0.1, -0.05) is 70.2 Å². The van der Waals surface area contributed by atoms with Gasteiger partial charge in [-0.3, -0.25) is 13.9 Å². The lowest BCUT2D eigenvalue weighted by atomic mass is 10.1. The molecule has 0 unspecified atom stereocenters. The van der Waals surface area contributed by atoms with Crippen LogP contribution in [0, 0.1) is 6.92 Å². The maximum atomic E-state index is 13.8. The fraction of sp³-hybridized carbons (Fsp3) is 0.259. The highest BCUT2D eigenvalue weighted by molar-refractivity contribution is 7.92. The molecule has 2 amide bonds. The Kier molecular flexibility index (Phi) is 10.5. The Morgan fingerprint density at radius 1 is 0.872 bits per heavy atom. The number of sulfonamides is 1. The minimum Gasteiger partial charge on any atom is -0.355 e. The summed E-state index contributed by atoms with van der Waals surface area (Å²) in [6.07, 6.45) is 0. The summed E-state index contributed by atoms with van der Waals surface area (Å²) in [5.41, 5.74) is 1.62. The smallest absolute Gasteiger partial charge is 0.264 e. The normalized spacial score (nSPS) is 12.1. The number of nitrogens with zero attached hydrogens (tertiary/aromatic N) is 2. The number of aryl methyl sites for hydroxylation is 1. The molecule has 0 saturated carbocycles. The van der Waals surface area contributed by atoms with Gasteiger partial charge in [0.25, 0.3) is 10.0 Å². The first-order chi connectivity index (χ1) is 18.3. The van der Waals surface area contributed by atoms with Crippen molar-refractivity contribution in [2.45, 2.75) is 38.3 Å². The third kappa shape index (κ3) is 7.58. The molecule has 0 radical (unpaired) electrons. The van der Waals surface area contributed by atoms with Crippen LogP contribution in [0.2, 0.25) is 20.1 Å². The first kappa shape index (κ1) is 31.0. The Labute approximate surface area is 248 Å². The van der Waals surface area contributed by atoms with Crippen LogP contribution in [0.3, 0.4) is 0 Å². The highest BCUT2D eigenvalue weighted by atomic mass is 35.5. The van der Waals surface area contributed by atoms with Gasteiger partial charge < -0.3 is 10.2 Å². The van der Waals surface area contributed by atoms with Crippen LogP contribution in [0.25, 0.3) is 0 Å². The number of anilines is 1. The first-order valence-electron chi connectivity index (χ1n) is 11.9. The Morgan fingerprint density at radius 2 is 1.46 bits per heavy atom. The lowest BCUT2D eigenvalue weighted by Crippen LogP contribution is -2.51. The summed E-state index contributed by atoms with van der Waals surface area (Å²) in [6.45, 7) is 4.89. The van der Waals surface area contributed by atoms with E-state index in [0.29, 0.717) is 17.1 Å². The molecule has 0 aliphatic rings. The van der Waals surface area contributed by atoms with Crippen molar-refractivity contribution in [2.24, 2.45) is 0 Å². The average Bonchev–Trinajstić information content (AvgIpc) is 2.89. The molecular weight excluding hydrogens is 604 g/mol.